The van der Waals surface area contributed by atoms with Crippen LogP contribution < -0.4 is 0 Å². The van der Waals surface area contributed by atoms with Gasteiger partial charge in [0.2, 0.25) is 5.95 Å². The second-order valence-corrected chi connectivity index (χ2v) is 4.02. The second-order valence-electron chi connectivity index (χ2n) is 4.02. The summed E-state index contributed by atoms with van der Waals surface area (Å²) in [6, 6.07) is 15.3. The lowest BCUT2D eigenvalue weighted by atomic mass is 10.0. The Hall–Kier alpha value is -2.29. The Balaban J connectivity index is 2.31. The molecule has 0 bridgehead atoms. The highest BCUT2D eigenvalue weighted by atomic mass is 19.1. The quantitative estimate of drug-likeness (QED) is 0.582. The van der Waals surface area contributed by atoms with Crippen LogP contribution in [0, 0.1) is 11.8 Å². The van der Waals surface area contributed by atoms with Crippen molar-refractivity contribution in [2.24, 2.45) is 0 Å². The highest BCUT2D eigenvalue weighted by Gasteiger charge is 2.07. The molecule has 18 heavy (non-hydrogen) atoms. The van der Waals surface area contributed by atoms with Crippen molar-refractivity contribution in [1.29, 1.82) is 0 Å². The molecule has 0 fully saturated rings. The first-order valence-electron chi connectivity index (χ1n) is 5.55. The largest absolute Gasteiger partial charge is 0.219 e. The zero-order chi connectivity index (χ0) is 12.5. The third-order valence-electron chi connectivity index (χ3n) is 2.82. The number of hydrogen-bond donors (Lipinski definition) is 0. The Bertz CT molecular complexity index is 697. The van der Waals surface area contributed by atoms with Crippen molar-refractivity contribution in [2.75, 3.05) is 0 Å². The van der Waals surface area contributed by atoms with Crippen LogP contribution in [0.3, 0.4) is 0 Å². The molecule has 1 heterocycles. The number of benzene rings is 2. The van der Waals surface area contributed by atoms with Gasteiger partial charge in [-0.25, -0.2) is 9.37 Å². The summed E-state index contributed by atoms with van der Waals surface area (Å²) in [6.45, 7) is 0. The van der Waals surface area contributed by atoms with E-state index in [1.54, 1.807) is 0 Å². The van der Waals surface area contributed by atoms with Gasteiger partial charge in [-0.05, 0) is 10.8 Å². The minimum atomic E-state index is -0.807. The Morgan fingerprint density at radius 1 is 0.833 bits per heavy atom. The fourth-order valence-corrected chi connectivity index (χ4v) is 2.05. The minimum Gasteiger partial charge on any atom is -0.219 e. The van der Waals surface area contributed by atoms with Gasteiger partial charge in [-0.2, -0.15) is 4.39 Å². The molecule has 1 nitrogen and oxygen atoms in total. The van der Waals surface area contributed by atoms with Gasteiger partial charge in [0.05, 0.1) is 5.69 Å². The maximum atomic E-state index is 13.2. The van der Waals surface area contributed by atoms with Gasteiger partial charge in [-0.3, -0.25) is 0 Å². The number of nitrogens with zero attached hydrogens (tertiary/aromatic N) is 1. The summed E-state index contributed by atoms with van der Waals surface area (Å²) in [5, 5.41) is 1.94. The molecule has 0 unspecified atom stereocenters. The molecule has 0 aliphatic heterocycles. The average Bonchev–Trinajstić information content (AvgIpc) is 2.37. The van der Waals surface area contributed by atoms with Crippen molar-refractivity contribution in [3.8, 4) is 11.3 Å². The molecule has 1 aromatic heterocycles. The zero-order valence-corrected chi connectivity index (χ0v) is 9.40. The first-order chi connectivity index (χ1) is 8.74. The molecular weight excluding hydrogens is 232 g/mol. The molecule has 0 saturated carbocycles. The highest BCUT2D eigenvalue weighted by molar-refractivity contribution is 5.95. The summed E-state index contributed by atoms with van der Waals surface area (Å²) < 4.78 is 26.4. The fourth-order valence-electron chi connectivity index (χ4n) is 2.05. The normalized spacial score (nSPS) is 10.8. The van der Waals surface area contributed by atoms with Crippen LogP contribution in [0.1, 0.15) is 0 Å². The van der Waals surface area contributed by atoms with Crippen LogP contribution in [0.4, 0.5) is 8.78 Å². The number of hydrogen-bond acceptors (Lipinski definition) is 1. The van der Waals surface area contributed by atoms with E-state index in [2.05, 4.69) is 4.98 Å². The molecule has 0 amide bonds. The molecule has 88 valence electrons. The van der Waals surface area contributed by atoms with E-state index in [0.717, 1.165) is 22.4 Å². The maximum Gasteiger partial charge on any atom is 0.216 e. The van der Waals surface area contributed by atoms with Crippen molar-refractivity contribution in [3.05, 3.63) is 66.4 Å². The predicted octanol–water partition coefficient (Wildman–Crippen LogP) is 4.18. The summed E-state index contributed by atoms with van der Waals surface area (Å²) in [5.74, 6) is -1.43. The van der Waals surface area contributed by atoms with Gasteiger partial charge < -0.3 is 0 Å². The summed E-state index contributed by atoms with van der Waals surface area (Å²) in [7, 11) is 0. The van der Waals surface area contributed by atoms with E-state index in [-0.39, 0.29) is 0 Å². The smallest absolute Gasteiger partial charge is 0.216 e. The van der Waals surface area contributed by atoms with Crippen LogP contribution in [-0.4, -0.2) is 4.98 Å². The number of halogens is 2. The predicted molar refractivity (Wildman–Crippen MR) is 67.1 cm³/mol. The van der Waals surface area contributed by atoms with Gasteiger partial charge in [-0.15, -0.1) is 0 Å². The van der Waals surface area contributed by atoms with Gasteiger partial charge >= 0.3 is 0 Å². The Kier molecular flexibility index (Phi) is 2.52. The van der Waals surface area contributed by atoms with E-state index in [9.17, 15) is 8.78 Å². The van der Waals surface area contributed by atoms with Gasteiger partial charge in [0.1, 0.15) is 5.82 Å². The summed E-state index contributed by atoms with van der Waals surface area (Å²) in [5.41, 5.74) is 1.04. The Labute approximate surface area is 103 Å². The summed E-state index contributed by atoms with van der Waals surface area (Å²) in [6.07, 6.45) is 0. The molecule has 0 radical (unpaired) electrons. The van der Waals surface area contributed by atoms with Crippen LogP contribution >= 0.6 is 0 Å². The van der Waals surface area contributed by atoms with Crippen LogP contribution in [0.25, 0.3) is 22.0 Å². The SMILES string of the molecule is Fc1cc(F)nc(-c2cccc3ccccc23)c1. The molecule has 0 atom stereocenters. The zero-order valence-electron chi connectivity index (χ0n) is 9.40. The third-order valence-corrected chi connectivity index (χ3v) is 2.82. The van der Waals surface area contributed by atoms with Crippen molar-refractivity contribution in [2.45, 2.75) is 0 Å². The van der Waals surface area contributed by atoms with E-state index in [4.69, 9.17) is 0 Å². The van der Waals surface area contributed by atoms with Crippen molar-refractivity contribution >= 4 is 10.8 Å². The van der Waals surface area contributed by atoms with Crippen molar-refractivity contribution < 1.29 is 8.78 Å². The number of rotatable bonds is 1. The first kappa shape index (κ1) is 10.8. The first-order valence-corrected chi connectivity index (χ1v) is 5.55. The molecule has 0 aliphatic carbocycles. The summed E-state index contributed by atoms with van der Waals surface area (Å²) >= 11 is 0. The number of pyridine rings is 1. The molecule has 3 aromatic rings. The average molecular weight is 241 g/mol. The number of aromatic nitrogens is 1. The third kappa shape index (κ3) is 1.84. The summed E-state index contributed by atoms with van der Waals surface area (Å²) in [4.78, 5) is 3.75. The van der Waals surface area contributed by atoms with Crippen LogP contribution in [0.15, 0.2) is 54.6 Å². The lowest BCUT2D eigenvalue weighted by Gasteiger charge is -2.06. The van der Waals surface area contributed by atoms with Gasteiger partial charge in [0.25, 0.3) is 0 Å². The second kappa shape index (κ2) is 4.18. The van der Waals surface area contributed by atoms with Crippen LogP contribution in [-0.2, 0) is 0 Å². The van der Waals surface area contributed by atoms with E-state index < -0.39 is 11.8 Å². The van der Waals surface area contributed by atoms with E-state index in [1.165, 1.54) is 6.07 Å². The Morgan fingerprint density at radius 2 is 1.61 bits per heavy atom. The van der Waals surface area contributed by atoms with Crippen LogP contribution in [0.2, 0.25) is 0 Å². The molecule has 3 rings (SSSR count). The van der Waals surface area contributed by atoms with Crippen molar-refractivity contribution in [3.63, 3.8) is 0 Å². The van der Waals surface area contributed by atoms with E-state index in [0.29, 0.717) is 5.69 Å². The van der Waals surface area contributed by atoms with Gasteiger partial charge in [0.15, 0.2) is 0 Å². The Morgan fingerprint density at radius 3 is 2.44 bits per heavy atom. The monoisotopic (exact) mass is 241 g/mol. The maximum absolute atomic E-state index is 13.2. The van der Waals surface area contributed by atoms with E-state index >= 15 is 0 Å². The standard InChI is InChI=1S/C15H9F2N/c16-11-8-14(18-15(17)9-11)13-7-3-5-10-4-1-2-6-12(10)13/h1-9H. The van der Waals surface area contributed by atoms with Crippen molar-refractivity contribution in [1.82, 2.24) is 4.98 Å². The topological polar surface area (TPSA) is 12.9 Å². The molecule has 0 aliphatic rings. The molecule has 2 aromatic carbocycles. The molecule has 0 N–H and O–H groups in total. The van der Waals surface area contributed by atoms with Gasteiger partial charge in [0, 0.05) is 17.7 Å². The molecular formula is C15H9F2N. The molecule has 0 spiro atoms. The molecule has 3 heteroatoms. The highest BCUT2D eigenvalue weighted by Crippen LogP contribution is 2.27. The van der Waals surface area contributed by atoms with E-state index in [1.807, 2.05) is 42.5 Å². The molecule has 0 saturated heterocycles. The van der Waals surface area contributed by atoms with Crippen LogP contribution in [0.5, 0.6) is 0 Å². The lowest BCUT2D eigenvalue weighted by Crippen LogP contribution is -1.91. The fraction of sp³-hybridized carbons (Fsp3) is 0. The minimum absolute atomic E-state index is 0.310. The number of fused-ring (bicyclic) bond motifs is 1. The lowest BCUT2D eigenvalue weighted by molar-refractivity contribution is 0.554. The van der Waals surface area contributed by atoms with Gasteiger partial charge in [-0.1, -0.05) is 42.5 Å².